The molecule has 4 nitrogen and oxygen atoms in total. The summed E-state index contributed by atoms with van der Waals surface area (Å²) in [7, 11) is 0. The van der Waals surface area contributed by atoms with Crippen molar-refractivity contribution in [3.05, 3.63) is 21.9 Å². The summed E-state index contributed by atoms with van der Waals surface area (Å²) >= 11 is 1.19. The van der Waals surface area contributed by atoms with Crippen LogP contribution < -0.4 is 0 Å². The van der Waals surface area contributed by atoms with Crippen molar-refractivity contribution in [3.63, 3.8) is 0 Å². The molecule has 0 spiro atoms. The zero-order chi connectivity index (χ0) is 12.7. The normalized spacial score (nSPS) is 10.0. The summed E-state index contributed by atoms with van der Waals surface area (Å²) in [5.41, 5.74) is 0.409. The fraction of sp³-hybridized carbons (Fsp3) is 0.500. The third-order valence-electron chi connectivity index (χ3n) is 1.91. The van der Waals surface area contributed by atoms with E-state index in [9.17, 15) is 9.59 Å². The smallest absolute Gasteiger partial charge is 0.348 e. The van der Waals surface area contributed by atoms with Gasteiger partial charge in [0, 0.05) is 5.38 Å². The lowest BCUT2D eigenvalue weighted by atomic mass is 10.3. The van der Waals surface area contributed by atoms with E-state index in [1.165, 1.54) is 17.4 Å². The van der Waals surface area contributed by atoms with Crippen molar-refractivity contribution in [2.45, 2.75) is 26.7 Å². The number of esters is 2. The Bertz CT molecular complexity index is 349. The molecule has 0 aromatic carbocycles. The molecule has 0 atom stereocenters. The quantitative estimate of drug-likeness (QED) is 0.734. The van der Waals surface area contributed by atoms with Crippen LogP contribution in [-0.4, -0.2) is 25.2 Å². The molecule has 1 heterocycles. The predicted molar refractivity (Wildman–Crippen MR) is 65.5 cm³/mol. The average molecular weight is 256 g/mol. The molecule has 1 rings (SSSR count). The van der Waals surface area contributed by atoms with Crippen molar-refractivity contribution >= 4 is 23.3 Å². The van der Waals surface area contributed by atoms with Crippen molar-refractivity contribution in [2.75, 3.05) is 13.2 Å². The zero-order valence-electron chi connectivity index (χ0n) is 10.0. The van der Waals surface area contributed by atoms with Gasteiger partial charge >= 0.3 is 11.9 Å². The Hall–Kier alpha value is -1.36. The number of hydrogen-bond acceptors (Lipinski definition) is 5. The van der Waals surface area contributed by atoms with Crippen molar-refractivity contribution in [1.29, 1.82) is 0 Å². The van der Waals surface area contributed by atoms with Gasteiger partial charge in [-0.1, -0.05) is 13.8 Å². The van der Waals surface area contributed by atoms with Crippen LogP contribution in [0.2, 0.25) is 0 Å². The highest BCUT2D eigenvalue weighted by Crippen LogP contribution is 2.17. The highest BCUT2D eigenvalue weighted by molar-refractivity contribution is 7.12. The minimum atomic E-state index is -0.391. The number of thiophene rings is 1. The lowest BCUT2D eigenvalue weighted by Gasteiger charge is -2.00. The lowest BCUT2D eigenvalue weighted by molar-refractivity contribution is 0.0505. The molecule has 0 bridgehead atoms. The van der Waals surface area contributed by atoms with Crippen LogP contribution in [0.1, 0.15) is 46.7 Å². The van der Waals surface area contributed by atoms with Gasteiger partial charge in [-0.15, -0.1) is 11.3 Å². The Kier molecular flexibility index (Phi) is 5.69. The van der Waals surface area contributed by atoms with Gasteiger partial charge in [0.05, 0.1) is 18.8 Å². The van der Waals surface area contributed by atoms with Gasteiger partial charge in [-0.2, -0.15) is 0 Å². The molecule has 0 unspecified atom stereocenters. The highest BCUT2D eigenvalue weighted by Gasteiger charge is 2.15. The summed E-state index contributed by atoms with van der Waals surface area (Å²) in [6.45, 7) is 4.64. The molecule has 94 valence electrons. The summed E-state index contributed by atoms with van der Waals surface area (Å²) in [5, 5.41) is 1.61. The number of rotatable bonds is 6. The molecule has 0 radical (unpaired) electrons. The standard InChI is InChI=1S/C12H16O4S/c1-3-5-15-11(13)9-7-10(17-8-9)12(14)16-6-4-2/h7-8H,3-6H2,1-2H3. The molecule has 0 fully saturated rings. The molecule has 17 heavy (non-hydrogen) atoms. The average Bonchev–Trinajstić information content (AvgIpc) is 2.82. The van der Waals surface area contributed by atoms with Crippen LogP contribution in [0, 0.1) is 0 Å². The van der Waals surface area contributed by atoms with Gasteiger partial charge in [0.2, 0.25) is 0 Å². The van der Waals surface area contributed by atoms with Gasteiger partial charge in [0.15, 0.2) is 0 Å². The van der Waals surface area contributed by atoms with Crippen molar-refractivity contribution < 1.29 is 19.1 Å². The first kappa shape index (κ1) is 13.7. The predicted octanol–water partition coefficient (Wildman–Crippen LogP) is 2.88. The van der Waals surface area contributed by atoms with Gasteiger partial charge in [-0.25, -0.2) is 9.59 Å². The third kappa shape index (κ3) is 4.19. The number of ether oxygens (including phenoxy) is 2. The van der Waals surface area contributed by atoms with E-state index >= 15 is 0 Å². The number of carbonyl (C=O) groups excluding carboxylic acids is 2. The van der Waals surface area contributed by atoms with E-state index in [0.717, 1.165) is 12.8 Å². The summed E-state index contributed by atoms with van der Waals surface area (Å²) in [6, 6.07) is 1.51. The monoisotopic (exact) mass is 256 g/mol. The van der Waals surface area contributed by atoms with E-state index in [2.05, 4.69) is 0 Å². The molecule has 0 saturated carbocycles. The molecule has 0 saturated heterocycles. The minimum absolute atomic E-state index is 0.383. The zero-order valence-corrected chi connectivity index (χ0v) is 10.8. The molecule has 0 N–H and O–H groups in total. The maximum Gasteiger partial charge on any atom is 0.348 e. The van der Waals surface area contributed by atoms with E-state index in [1.54, 1.807) is 5.38 Å². The van der Waals surface area contributed by atoms with Crippen molar-refractivity contribution in [2.24, 2.45) is 0 Å². The highest BCUT2D eigenvalue weighted by atomic mass is 32.1. The van der Waals surface area contributed by atoms with Crippen molar-refractivity contribution in [3.8, 4) is 0 Å². The molecule has 0 aliphatic heterocycles. The van der Waals surface area contributed by atoms with Crippen LogP contribution in [-0.2, 0) is 9.47 Å². The van der Waals surface area contributed by atoms with E-state index in [-0.39, 0.29) is 5.97 Å². The topological polar surface area (TPSA) is 52.6 Å². The molecular formula is C12H16O4S. The molecule has 0 aliphatic rings. The lowest BCUT2D eigenvalue weighted by Crippen LogP contribution is -2.06. The van der Waals surface area contributed by atoms with Crippen LogP contribution in [0.15, 0.2) is 11.4 Å². The Morgan fingerprint density at radius 3 is 2.29 bits per heavy atom. The van der Waals surface area contributed by atoms with E-state index in [4.69, 9.17) is 9.47 Å². The van der Waals surface area contributed by atoms with E-state index < -0.39 is 5.97 Å². The van der Waals surface area contributed by atoms with Crippen LogP contribution in [0.4, 0.5) is 0 Å². The Labute approximate surface area is 105 Å². The Morgan fingerprint density at radius 2 is 1.71 bits per heavy atom. The molecule has 1 aromatic heterocycles. The Morgan fingerprint density at radius 1 is 1.12 bits per heavy atom. The molecule has 0 amide bonds. The summed E-state index contributed by atoms with van der Waals surface area (Å²) in [6.07, 6.45) is 1.56. The van der Waals surface area contributed by atoms with Crippen LogP contribution in [0.25, 0.3) is 0 Å². The second-order valence-electron chi connectivity index (χ2n) is 3.47. The van der Waals surface area contributed by atoms with E-state index in [0.29, 0.717) is 23.7 Å². The summed E-state index contributed by atoms with van der Waals surface area (Å²) in [5.74, 6) is -0.774. The third-order valence-corrected chi connectivity index (χ3v) is 2.82. The number of carbonyl (C=O) groups is 2. The van der Waals surface area contributed by atoms with Gasteiger partial charge in [0.1, 0.15) is 4.88 Å². The first-order chi connectivity index (χ1) is 8.19. The molecule has 5 heteroatoms. The fourth-order valence-electron chi connectivity index (χ4n) is 1.09. The fourth-order valence-corrected chi connectivity index (χ4v) is 1.86. The largest absolute Gasteiger partial charge is 0.462 e. The van der Waals surface area contributed by atoms with Gasteiger partial charge in [0.25, 0.3) is 0 Å². The Balaban J connectivity index is 2.58. The van der Waals surface area contributed by atoms with E-state index in [1.807, 2.05) is 13.8 Å². The van der Waals surface area contributed by atoms with Crippen molar-refractivity contribution in [1.82, 2.24) is 0 Å². The van der Waals surface area contributed by atoms with Crippen LogP contribution in [0.5, 0.6) is 0 Å². The van der Waals surface area contributed by atoms with Gasteiger partial charge in [-0.3, -0.25) is 0 Å². The first-order valence-corrected chi connectivity index (χ1v) is 6.49. The van der Waals surface area contributed by atoms with Crippen LogP contribution in [0.3, 0.4) is 0 Å². The first-order valence-electron chi connectivity index (χ1n) is 5.61. The molecule has 1 aromatic rings. The minimum Gasteiger partial charge on any atom is -0.462 e. The van der Waals surface area contributed by atoms with Crippen LogP contribution >= 0.6 is 11.3 Å². The maximum absolute atomic E-state index is 11.5. The second-order valence-corrected chi connectivity index (χ2v) is 4.38. The molecule has 0 aliphatic carbocycles. The summed E-state index contributed by atoms with van der Waals surface area (Å²) in [4.78, 5) is 23.4. The SMILES string of the molecule is CCCOC(=O)c1csc(C(=O)OCCC)c1. The number of hydrogen-bond donors (Lipinski definition) is 0. The second kappa shape index (κ2) is 7.06. The molecular weight excluding hydrogens is 240 g/mol. The van der Waals surface area contributed by atoms with Gasteiger partial charge < -0.3 is 9.47 Å². The maximum atomic E-state index is 11.5. The summed E-state index contributed by atoms with van der Waals surface area (Å²) < 4.78 is 9.94. The van der Waals surface area contributed by atoms with Gasteiger partial charge in [-0.05, 0) is 18.9 Å².